The monoisotopic (exact) mass is 238 g/mol. The molecular formula is C11H14N2O4. The number of aryl methyl sites for hydroxylation is 2. The lowest BCUT2D eigenvalue weighted by molar-refractivity contribution is -0.0936. The van der Waals surface area contributed by atoms with E-state index in [1.165, 1.54) is 0 Å². The summed E-state index contributed by atoms with van der Waals surface area (Å²) in [5.41, 5.74) is 1.06. The Morgan fingerprint density at radius 3 is 2.41 bits per heavy atom. The number of aromatic carboxylic acids is 1. The first-order valence-electron chi connectivity index (χ1n) is 5.37. The highest BCUT2D eigenvalue weighted by atomic mass is 16.6. The molecule has 0 spiro atoms. The fourth-order valence-corrected chi connectivity index (χ4v) is 1.83. The predicted molar refractivity (Wildman–Crippen MR) is 58.0 cm³/mol. The zero-order valence-electron chi connectivity index (χ0n) is 9.77. The first kappa shape index (κ1) is 11.9. The molecule has 0 aliphatic carbocycles. The zero-order chi connectivity index (χ0) is 12.4. The van der Waals surface area contributed by atoms with Crippen LogP contribution in [0.3, 0.4) is 0 Å². The minimum atomic E-state index is -1.01. The number of nitrogens with zero attached hydrogens (tertiary/aromatic N) is 2. The fourth-order valence-electron chi connectivity index (χ4n) is 1.83. The summed E-state index contributed by atoms with van der Waals surface area (Å²) in [6, 6.07) is 0. The third kappa shape index (κ3) is 2.42. The van der Waals surface area contributed by atoms with Gasteiger partial charge in [0.25, 0.3) is 0 Å². The molecule has 6 heteroatoms. The molecule has 1 aliphatic heterocycles. The molecule has 0 bridgehead atoms. The lowest BCUT2D eigenvalue weighted by atomic mass is 10.1. The van der Waals surface area contributed by atoms with Crippen molar-refractivity contribution >= 4 is 5.97 Å². The largest absolute Gasteiger partial charge is 0.478 e. The topological polar surface area (TPSA) is 81.5 Å². The molecule has 2 heterocycles. The highest BCUT2D eigenvalue weighted by Crippen LogP contribution is 2.20. The smallest absolute Gasteiger partial charge is 0.339 e. The van der Waals surface area contributed by atoms with Gasteiger partial charge in [-0.3, -0.25) is 0 Å². The van der Waals surface area contributed by atoms with Gasteiger partial charge in [0.2, 0.25) is 0 Å². The minimum Gasteiger partial charge on any atom is -0.478 e. The first-order chi connectivity index (χ1) is 8.09. The molecule has 6 nitrogen and oxygen atoms in total. The summed E-state index contributed by atoms with van der Waals surface area (Å²) in [6.45, 7) is 4.80. The molecule has 17 heavy (non-hydrogen) atoms. The van der Waals surface area contributed by atoms with Crippen LogP contribution in [-0.2, 0) is 9.47 Å². The highest BCUT2D eigenvalue weighted by molar-refractivity contribution is 5.89. The van der Waals surface area contributed by atoms with Gasteiger partial charge in [-0.15, -0.1) is 0 Å². The quantitative estimate of drug-likeness (QED) is 0.823. The lowest BCUT2D eigenvalue weighted by Crippen LogP contribution is -2.24. The van der Waals surface area contributed by atoms with Crippen molar-refractivity contribution in [3.05, 3.63) is 22.8 Å². The molecule has 1 aromatic rings. The van der Waals surface area contributed by atoms with Crippen LogP contribution in [0.1, 0.15) is 33.7 Å². The maximum atomic E-state index is 11.0. The number of carboxylic acids is 1. The summed E-state index contributed by atoms with van der Waals surface area (Å²) < 4.78 is 10.7. The third-order valence-corrected chi connectivity index (χ3v) is 2.61. The second-order valence-electron chi connectivity index (χ2n) is 3.87. The molecule has 0 aromatic carbocycles. The number of rotatable bonds is 2. The van der Waals surface area contributed by atoms with Crippen LogP contribution < -0.4 is 0 Å². The van der Waals surface area contributed by atoms with Crippen LogP contribution >= 0.6 is 0 Å². The molecular weight excluding hydrogens is 224 g/mol. The second-order valence-corrected chi connectivity index (χ2v) is 3.87. The fraction of sp³-hybridized carbons (Fsp3) is 0.545. The Kier molecular flexibility index (Phi) is 3.35. The van der Waals surface area contributed by atoms with E-state index < -0.39 is 5.97 Å². The van der Waals surface area contributed by atoms with Gasteiger partial charge in [-0.05, 0) is 13.8 Å². The molecule has 2 rings (SSSR count). The summed E-state index contributed by atoms with van der Waals surface area (Å²) in [4.78, 5) is 19.4. The Morgan fingerprint density at radius 2 is 1.94 bits per heavy atom. The molecule has 92 valence electrons. The van der Waals surface area contributed by atoms with Crippen molar-refractivity contribution in [3.63, 3.8) is 0 Å². The molecule has 1 fully saturated rings. The number of hydrogen-bond donors (Lipinski definition) is 1. The van der Waals surface area contributed by atoms with E-state index >= 15 is 0 Å². The predicted octanol–water partition coefficient (Wildman–Crippen LogP) is 0.880. The number of carbonyl (C=O) groups is 1. The van der Waals surface area contributed by atoms with Gasteiger partial charge in [-0.25, -0.2) is 14.8 Å². The van der Waals surface area contributed by atoms with Crippen molar-refractivity contribution in [3.8, 4) is 0 Å². The minimum absolute atomic E-state index is 0.158. The van der Waals surface area contributed by atoms with Gasteiger partial charge in [0.15, 0.2) is 5.82 Å². The molecule has 1 aromatic heterocycles. The van der Waals surface area contributed by atoms with Crippen LogP contribution in [0.15, 0.2) is 0 Å². The van der Waals surface area contributed by atoms with Crippen molar-refractivity contribution < 1.29 is 19.4 Å². The SMILES string of the molecule is Cc1nc(C2COCCO2)nc(C)c1C(=O)O. The maximum Gasteiger partial charge on any atom is 0.339 e. The van der Waals surface area contributed by atoms with Gasteiger partial charge in [-0.2, -0.15) is 0 Å². The van der Waals surface area contributed by atoms with Crippen molar-refractivity contribution in [2.75, 3.05) is 19.8 Å². The molecule has 1 unspecified atom stereocenters. The van der Waals surface area contributed by atoms with Gasteiger partial charge in [0.05, 0.1) is 31.2 Å². The zero-order valence-corrected chi connectivity index (χ0v) is 9.77. The molecule has 0 amide bonds. The standard InChI is InChI=1S/C11H14N2O4/c1-6-9(11(14)15)7(2)13-10(12-6)8-5-16-3-4-17-8/h8H,3-5H2,1-2H3,(H,14,15). The summed E-state index contributed by atoms with van der Waals surface area (Å²) >= 11 is 0. The van der Waals surface area contributed by atoms with E-state index in [0.29, 0.717) is 37.0 Å². The van der Waals surface area contributed by atoms with E-state index in [9.17, 15) is 4.79 Å². The van der Waals surface area contributed by atoms with Gasteiger partial charge in [-0.1, -0.05) is 0 Å². The van der Waals surface area contributed by atoms with Crippen molar-refractivity contribution in [1.82, 2.24) is 9.97 Å². The Balaban J connectivity index is 2.34. The Hall–Kier alpha value is -1.53. The van der Waals surface area contributed by atoms with Gasteiger partial charge in [0, 0.05) is 0 Å². The molecule has 1 N–H and O–H groups in total. The van der Waals surface area contributed by atoms with E-state index in [1.807, 2.05) is 0 Å². The highest BCUT2D eigenvalue weighted by Gasteiger charge is 2.22. The van der Waals surface area contributed by atoms with Gasteiger partial charge < -0.3 is 14.6 Å². The lowest BCUT2D eigenvalue weighted by Gasteiger charge is -2.22. The van der Waals surface area contributed by atoms with E-state index in [-0.39, 0.29) is 11.7 Å². The molecule has 1 saturated heterocycles. The van der Waals surface area contributed by atoms with Crippen LogP contribution in [0.2, 0.25) is 0 Å². The maximum absolute atomic E-state index is 11.0. The summed E-state index contributed by atoms with van der Waals surface area (Å²) in [5, 5.41) is 9.01. The van der Waals surface area contributed by atoms with E-state index in [1.54, 1.807) is 13.8 Å². The van der Waals surface area contributed by atoms with Crippen molar-refractivity contribution in [1.29, 1.82) is 0 Å². The Labute approximate surface area is 98.6 Å². The van der Waals surface area contributed by atoms with Crippen LogP contribution in [0.25, 0.3) is 0 Å². The second kappa shape index (κ2) is 4.77. The number of ether oxygens (including phenoxy) is 2. The Morgan fingerprint density at radius 1 is 1.29 bits per heavy atom. The average molecular weight is 238 g/mol. The molecule has 0 saturated carbocycles. The van der Waals surface area contributed by atoms with Crippen LogP contribution in [0.5, 0.6) is 0 Å². The summed E-state index contributed by atoms with van der Waals surface area (Å²) in [7, 11) is 0. The van der Waals surface area contributed by atoms with E-state index in [4.69, 9.17) is 14.6 Å². The molecule has 1 atom stereocenters. The van der Waals surface area contributed by atoms with Crippen LogP contribution in [0, 0.1) is 13.8 Å². The molecule has 0 radical (unpaired) electrons. The summed E-state index contributed by atoms with van der Waals surface area (Å²) in [6.07, 6.45) is -0.302. The number of carboxylic acid groups (broad SMARTS) is 1. The molecule has 1 aliphatic rings. The van der Waals surface area contributed by atoms with Crippen molar-refractivity contribution in [2.24, 2.45) is 0 Å². The van der Waals surface area contributed by atoms with Crippen LogP contribution in [0.4, 0.5) is 0 Å². The average Bonchev–Trinajstić information content (AvgIpc) is 2.28. The number of aromatic nitrogens is 2. The van der Waals surface area contributed by atoms with E-state index in [0.717, 1.165) is 0 Å². The van der Waals surface area contributed by atoms with Crippen LogP contribution in [-0.4, -0.2) is 40.9 Å². The third-order valence-electron chi connectivity index (χ3n) is 2.61. The first-order valence-corrected chi connectivity index (χ1v) is 5.37. The Bertz CT molecular complexity index is 418. The normalized spacial score (nSPS) is 20.2. The number of hydrogen-bond acceptors (Lipinski definition) is 5. The van der Waals surface area contributed by atoms with E-state index in [2.05, 4.69) is 9.97 Å². The van der Waals surface area contributed by atoms with Gasteiger partial charge in [0.1, 0.15) is 11.7 Å². The van der Waals surface area contributed by atoms with Crippen molar-refractivity contribution in [2.45, 2.75) is 20.0 Å². The van der Waals surface area contributed by atoms with Gasteiger partial charge >= 0.3 is 5.97 Å². The summed E-state index contributed by atoms with van der Waals surface area (Å²) in [5.74, 6) is -0.517.